The fourth-order valence-electron chi connectivity index (χ4n) is 1.18. The molecule has 0 aromatic rings. The monoisotopic (exact) mass is 124 g/mol. The van der Waals surface area contributed by atoms with E-state index in [-0.39, 0.29) is 5.92 Å². The lowest BCUT2D eigenvalue weighted by molar-refractivity contribution is -0.119. The third-order valence-corrected chi connectivity index (χ3v) is 1.82. The molecule has 0 amide bonds. The van der Waals surface area contributed by atoms with E-state index in [0.29, 0.717) is 11.7 Å². The Morgan fingerprint density at radius 3 is 2.44 bits per heavy atom. The number of carbonyl (C=O) groups excluding carboxylic acids is 1. The molecule has 1 heteroatoms. The van der Waals surface area contributed by atoms with Crippen LogP contribution in [0.2, 0.25) is 0 Å². The third-order valence-electron chi connectivity index (χ3n) is 1.82. The van der Waals surface area contributed by atoms with E-state index in [1.165, 1.54) is 0 Å². The second-order valence-corrected chi connectivity index (χ2v) is 2.82. The first kappa shape index (κ1) is 6.53. The Morgan fingerprint density at radius 1 is 1.56 bits per heavy atom. The van der Waals surface area contributed by atoms with Gasteiger partial charge < -0.3 is 0 Å². The molecule has 1 nitrogen and oxygen atoms in total. The van der Waals surface area contributed by atoms with Crippen LogP contribution in [0.1, 0.15) is 20.3 Å². The van der Waals surface area contributed by atoms with E-state index in [1.54, 1.807) is 6.92 Å². The Hall–Kier alpha value is -0.590. The summed E-state index contributed by atoms with van der Waals surface area (Å²) in [4.78, 5) is 10.7. The Kier molecular flexibility index (Phi) is 1.70. The van der Waals surface area contributed by atoms with Gasteiger partial charge in [0.25, 0.3) is 0 Å². The predicted octanol–water partition coefficient (Wildman–Crippen LogP) is 1.79. The highest BCUT2D eigenvalue weighted by Crippen LogP contribution is 2.22. The van der Waals surface area contributed by atoms with Crippen molar-refractivity contribution in [2.75, 3.05) is 0 Å². The van der Waals surface area contributed by atoms with Crippen molar-refractivity contribution in [3.63, 3.8) is 0 Å². The maximum atomic E-state index is 10.7. The molecule has 0 N–H and O–H groups in total. The number of allylic oxidation sites excluding steroid dienone is 2. The van der Waals surface area contributed by atoms with Gasteiger partial charge in [0.2, 0.25) is 0 Å². The molecule has 0 aromatic heterocycles. The first-order chi connectivity index (χ1) is 4.20. The molecule has 2 atom stereocenters. The van der Waals surface area contributed by atoms with E-state index < -0.39 is 0 Å². The summed E-state index contributed by atoms with van der Waals surface area (Å²) < 4.78 is 0. The number of rotatable bonds is 1. The van der Waals surface area contributed by atoms with Gasteiger partial charge in [-0.2, -0.15) is 0 Å². The van der Waals surface area contributed by atoms with Gasteiger partial charge in [0, 0.05) is 5.92 Å². The molecule has 0 saturated carbocycles. The van der Waals surface area contributed by atoms with Gasteiger partial charge in [-0.05, 0) is 19.3 Å². The lowest BCUT2D eigenvalue weighted by atomic mass is 10.0. The van der Waals surface area contributed by atoms with Crippen molar-refractivity contribution in [2.24, 2.45) is 11.8 Å². The quantitative estimate of drug-likeness (QED) is 0.487. The molecule has 0 fully saturated rings. The molecular weight excluding hydrogens is 112 g/mol. The zero-order valence-electron chi connectivity index (χ0n) is 5.92. The summed E-state index contributed by atoms with van der Waals surface area (Å²) in [6.45, 7) is 3.80. The fraction of sp³-hybridized carbons (Fsp3) is 0.625. The molecule has 9 heavy (non-hydrogen) atoms. The van der Waals surface area contributed by atoms with Crippen LogP contribution in [0, 0.1) is 11.8 Å². The molecule has 1 aliphatic carbocycles. The fourth-order valence-corrected chi connectivity index (χ4v) is 1.18. The lowest BCUT2D eigenvalue weighted by Gasteiger charge is -2.01. The number of ketones is 1. The molecule has 50 valence electrons. The molecule has 0 saturated heterocycles. The molecule has 0 bridgehead atoms. The van der Waals surface area contributed by atoms with Crippen molar-refractivity contribution in [1.29, 1.82) is 0 Å². The highest BCUT2D eigenvalue weighted by Gasteiger charge is 2.18. The minimum Gasteiger partial charge on any atom is -0.299 e. The smallest absolute Gasteiger partial charge is 0.136 e. The molecule has 0 aliphatic heterocycles. The van der Waals surface area contributed by atoms with Crippen molar-refractivity contribution >= 4 is 5.78 Å². The molecule has 0 heterocycles. The van der Waals surface area contributed by atoms with Gasteiger partial charge >= 0.3 is 0 Å². The zero-order valence-corrected chi connectivity index (χ0v) is 5.92. The van der Waals surface area contributed by atoms with Gasteiger partial charge in [-0.15, -0.1) is 0 Å². The van der Waals surface area contributed by atoms with Gasteiger partial charge in [-0.3, -0.25) is 4.79 Å². The van der Waals surface area contributed by atoms with E-state index in [0.717, 1.165) is 6.42 Å². The number of Topliss-reactive ketones (excluding diaryl/α,β-unsaturated/α-hetero) is 1. The van der Waals surface area contributed by atoms with Crippen molar-refractivity contribution < 1.29 is 4.79 Å². The summed E-state index contributed by atoms with van der Waals surface area (Å²) in [6.07, 6.45) is 5.16. The van der Waals surface area contributed by atoms with Crippen LogP contribution in [-0.2, 0) is 4.79 Å². The van der Waals surface area contributed by atoms with Crippen LogP contribution >= 0.6 is 0 Å². The first-order valence-corrected chi connectivity index (χ1v) is 3.39. The van der Waals surface area contributed by atoms with Crippen LogP contribution in [0.3, 0.4) is 0 Å². The Bertz CT molecular complexity index is 147. The van der Waals surface area contributed by atoms with Crippen LogP contribution in [0.25, 0.3) is 0 Å². The normalized spacial score (nSPS) is 33.1. The van der Waals surface area contributed by atoms with Gasteiger partial charge in [0.1, 0.15) is 5.78 Å². The van der Waals surface area contributed by atoms with Gasteiger partial charge in [-0.1, -0.05) is 19.1 Å². The van der Waals surface area contributed by atoms with E-state index in [1.807, 2.05) is 6.08 Å². The second-order valence-electron chi connectivity index (χ2n) is 2.82. The molecule has 1 rings (SSSR count). The summed E-state index contributed by atoms with van der Waals surface area (Å²) in [5, 5.41) is 0. The first-order valence-electron chi connectivity index (χ1n) is 3.39. The van der Waals surface area contributed by atoms with E-state index >= 15 is 0 Å². The Balaban J connectivity index is 2.50. The maximum absolute atomic E-state index is 10.7. The predicted molar refractivity (Wildman–Crippen MR) is 37.1 cm³/mol. The largest absolute Gasteiger partial charge is 0.299 e. The van der Waals surface area contributed by atoms with Gasteiger partial charge in [-0.25, -0.2) is 0 Å². The average Bonchev–Trinajstić information content (AvgIpc) is 2.14. The van der Waals surface area contributed by atoms with E-state index in [4.69, 9.17) is 0 Å². The maximum Gasteiger partial charge on any atom is 0.136 e. The second kappa shape index (κ2) is 2.34. The van der Waals surface area contributed by atoms with Crippen molar-refractivity contribution in [1.82, 2.24) is 0 Å². The summed E-state index contributed by atoms with van der Waals surface area (Å²) in [6, 6.07) is 0. The SMILES string of the molecule is CC(=O)C1C=CC(C)C1. The van der Waals surface area contributed by atoms with Crippen LogP contribution in [0.5, 0.6) is 0 Å². The molecule has 0 spiro atoms. The molecule has 1 aliphatic rings. The Morgan fingerprint density at radius 2 is 2.22 bits per heavy atom. The molecule has 2 unspecified atom stereocenters. The minimum atomic E-state index is 0.222. The Labute approximate surface area is 55.8 Å². The third kappa shape index (κ3) is 1.41. The summed E-state index contributed by atoms with van der Waals surface area (Å²) in [5.41, 5.74) is 0. The minimum absolute atomic E-state index is 0.222. The van der Waals surface area contributed by atoms with E-state index in [9.17, 15) is 4.79 Å². The van der Waals surface area contributed by atoms with Gasteiger partial charge in [0.05, 0.1) is 0 Å². The summed E-state index contributed by atoms with van der Waals surface area (Å²) in [7, 11) is 0. The molecule has 0 aromatic carbocycles. The number of hydrogen-bond acceptors (Lipinski definition) is 1. The molecule has 0 radical (unpaired) electrons. The lowest BCUT2D eigenvalue weighted by Crippen LogP contribution is -2.05. The van der Waals surface area contributed by atoms with Crippen LogP contribution in [0.4, 0.5) is 0 Å². The summed E-state index contributed by atoms with van der Waals surface area (Å²) >= 11 is 0. The summed E-state index contributed by atoms with van der Waals surface area (Å²) in [5.74, 6) is 1.13. The topological polar surface area (TPSA) is 17.1 Å². The standard InChI is InChI=1S/C8H12O/c1-6-3-4-8(5-6)7(2)9/h3-4,6,8H,5H2,1-2H3. The average molecular weight is 124 g/mol. The van der Waals surface area contributed by atoms with Crippen molar-refractivity contribution in [2.45, 2.75) is 20.3 Å². The van der Waals surface area contributed by atoms with Crippen LogP contribution in [0.15, 0.2) is 12.2 Å². The zero-order chi connectivity index (χ0) is 6.85. The van der Waals surface area contributed by atoms with E-state index in [2.05, 4.69) is 13.0 Å². The van der Waals surface area contributed by atoms with Gasteiger partial charge in [0.15, 0.2) is 0 Å². The molecular formula is C8H12O. The van der Waals surface area contributed by atoms with Crippen LogP contribution < -0.4 is 0 Å². The highest BCUT2D eigenvalue weighted by molar-refractivity contribution is 5.80. The van der Waals surface area contributed by atoms with Crippen molar-refractivity contribution in [3.05, 3.63) is 12.2 Å². The van der Waals surface area contributed by atoms with Crippen LogP contribution in [-0.4, -0.2) is 5.78 Å². The number of hydrogen-bond donors (Lipinski definition) is 0. The highest BCUT2D eigenvalue weighted by atomic mass is 16.1. The van der Waals surface area contributed by atoms with Crippen molar-refractivity contribution in [3.8, 4) is 0 Å². The number of carbonyl (C=O) groups is 1.